The monoisotopic (exact) mass is 436 g/mol. The standard InChI is InChI=1S/C19H21BrN2O3S/c1-3-11-25-16-10-9-13(12-14(16)20)18(23)22-19(26)21-15-7-5-6-8-17(15)24-4-2/h5-10,12H,3-4,11H2,1-2H3,(H2,21,22,23,26). The first-order valence-corrected chi connectivity index (χ1v) is 9.51. The summed E-state index contributed by atoms with van der Waals surface area (Å²) in [5, 5.41) is 5.85. The van der Waals surface area contributed by atoms with Crippen molar-refractivity contribution in [3.8, 4) is 11.5 Å². The van der Waals surface area contributed by atoms with Crippen LogP contribution in [0.3, 0.4) is 0 Å². The van der Waals surface area contributed by atoms with Gasteiger partial charge in [-0.05, 0) is 71.8 Å². The minimum atomic E-state index is -0.306. The molecule has 0 bridgehead atoms. The molecule has 0 spiro atoms. The number of carbonyl (C=O) groups excluding carboxylic acids is 1. The summed E-state index contributed by atoms with van der Waals surface area (Å²) < 4.78 is 11.8. The Kier molecular flexibility index (Phi) is 7.87. The second kappa shape index (κ2) is 10.1. The predicted molar refractivity (Wildman–Crippen MR) is 111 cm³/mol. The average molecular weight is 437 g/mol. The quantitative estimate of drug-likeness (QED) is 0.612. The Labute approximate surface area is 167 Å². The van der Waals surface area contributed by atoms with Crippen LogP contribution >= 0.6 is 28.1 Å². The van der Waals surface area contributed by atoms with E-state index in [1.807, 2.05) is 38.1 Å². The SMILES string of the molecule is CCCOc1ccc(C(=O)NC(=S)Nc2ccccc2OCC)cc1Br. The smallest absolute Gasteiger partial charge is 0.257 e. The fourth-order valence-electron chi connectivity index (χ4n) is 2.15. The summed E-state index contributed by atoms with van der Waals surface area (Å²) in [7, 11) is 0. The van der Waals surface area contributed by atoms with Gasteiger partial charge in [0.25, 0.3) is 5.91 Å². The Hall–Kier alpha value is -2.12. The topological polar surface area (TPSA) is 59.6 Å². The number of thiocarbonyl (C=S) groups is 1. The molecule has 0 aliphatic rings. The van der Waals surface area contributed by atoms with Crippen molar-refractivity contribution in [2.24, 2.45) is 0 Å². The Morgan fingerprint density at radius 3 is 2.58 bits per heavy atom. The fraction of sp³-hybridized carbons (Fsp3) is 0.263. The Morgan fingerprint density at radius 1 is 1.12 bits per heavy atom. The molecular formula is C19H21BrN2O3S. The number of rotatable bonds is 7. The summed E-state index contributed by atoms with van der Waals surface area (Å²) in [6.45, 7) is 5.10. The molecule has 2 aromatic rings. The van der Waals surface area contributed by atoms with E-state index in [9.17, 15) is 4.79 Å². The third kappa shape index (κ3) is 5.71. The summed E-state index contributed by atoms with van der Waals surface area (Å²) in [5.41, 5.74) is 1.17. The van der Waals surface area contributed by atoms with E-state index in [4.69, 9.17) is 21.7 Å². The van der Waals surface area contributed by atoms with E-state index in [1.54, 1.807) is 18.2 Å². The van der Waals surface area contributed by atoms with Crippen molar-refractivity contribution in [1.82, 2.24) is 5.32 Å². The summed E-state index contributed by atoms with van der Waals surface area (Å²) in [6, 6.07) is 12.6. The molecule has 0 unspecified atom stereocenters. The van der Waals surface area contributed by atoms with Crippen molar-refractivity contribution < 1.29 is 14.3 Å². The second-order valence-electron chi connectivity index (χ2n) is 5.33. The van der Waals surface area contributed by atoms with E-state index >= 15 is 0 Å². The van der Waals surface area contributed by atoms with E-state index in [1.165, 1.54) is 0 Å². The van der Waals surface area contributed by atoms with Crippen LogP contribution in [0, 0.1) is 0 Å². The van der Waals surface area contributed by atoms with Gasteiger partial charge in [0, 0.05) is 5.56 Å². The molecule has 0 radical (unpaired) electrons. The van der Waals surface area contributed by atoms with Gasteiger partial charge in [0.1, 0.15) is 11.5 Å². The number of hydrogen-bond acceptors (Lipinski definition) is 4. The first-order valence-electron chi connectivity index (χ1n) is 8.31. The highest BCUT2D eigenvalue weighted by Gasteiger charge is 2.12. The van der Waals surface area contributed by atoms with Gasteiger partial charge in [-0.2, -0.15) is 0 Å². The molecule has 1 amide bonds. The molecule has 2 N–H and O–H groups in total. The molecule has 138 valence electrons. The molecule has 26 heavy (non-hydrogen) atoms. The van der Waals surface area contributed by atoms with Gasteiger partial charge in [-0.15, -0.1) is 0 Å². The predicted octanol–water partition coefficient (Wildman–Crippen LogP) is 4.76. The molecule has 0 heterocycles. The zero-order chi connectivity index (χ0) is 18.9. The lowest BCUT2D eigenvalue weighted by molar-refractivity contribution is 0.0977. The highest BCUT2D eigenvalue weighted by Crippen LogP contribution is 2.26. The zero-order valence-electron chi connectivity index (χ0n) is 14.7. The lowest BCUT2D eigenvalue weighted by Gasteiger charge is -2.14. The Balaban J connectivity index is 2.01. The maximum Gasteiger partial charge on any atom is 0.257 e. The molecule has 5 nitrogen and oxygen atoms in total. The van der Waals surface area contributed by atoms with Crippen LogP contribution in [0.5, 0.6) is 11.5 Å². The number of hydrogen-bond donors (Lipinski definition) is 2. The molecule has 0 aromatic heterocycles. The molecule has 2 rings (SSSR count). The average Bonchev–Trinajstić information content (AvgIpc) is 2.62. The van der Waals surface area contributed by atoms with Crippen LogP contribution in [0.2, 0.25) is 0 Å². The van der Waals surface area contributed by atoms with E-state index in [0.717, 1.165) is 10.9 Å². The lowest BCUT2D eigenvalue weighted by Crippen LogP contribution is -2.34. The Bertz CT molecular complexity index is 783. The number of halogens is 1. The maximum absolute atomic E-state index is 12.4. The van der Waals surface area contributed by atoms with Gasteiger partial charge in [0.05, 0.1) is 23.4 Å². The van der Waals surface area contributed by atoms with E-state index in [2.05, 4.69) is 26.6 Å². The number of nitrogens with one attached hydrogen (secondary N) is 2. The van der Waals surface area contributed by atoms with Gasteiger partial charge in [0.15, 0.2) is 5.11 Å². The van der Waals surface area contributed by atoms with Crippen molar-refractivity contribution >= 4 is 44.9 Å². The van der Waals surface area contributed by atoms with Crippen LogP contribution in [-0.2, 0) is 0 Å². The number of anilines is 1. The highest BCUT2D eigenvalue weighted by atomic mass is 79.9. The molecule has 7 heteroatoms. The molecule has 0 atom stereocenters. The molecule has 2 aromatic carbocycles. The number of ether oxygens (including phenoxy) is 2. The van der Waals surface area contributed by atoms with Crippen molar-refractivity contribution in [3.05, 3.63) is 52.5 Å². The minimum Gasteiger partial charge on any atom is -0.492 e. The summed E-state index contributed by atoms with van der Waals surface area (Å²) in [5.74, 6) is 1.07. The van der Waals surface area contributed by atoms with Crippen LogP contribution in [-0.4, -0.2) is 24.2 Å². The fourth-order valence-corrected chi connectivity index (χ4v) is 2.85. The first kappa shape index (κ1) is 20.2. The zero-order valence-corrected chi connectivity index (χ0v) is 17.1. The number of benzene rings is 2. The van der Waals surface area contributed by atoms with Crippen LogP contribution in [0.15, 0.2) is 46.9 Å². The minimum absolute atomic E-state index is 0.199. The van der Waals surface area contributed by atoms with Gasteiger partial charge >= 0.3 is 0 Å². The third-order valence-electron chi connectivity index (χ3n) is 3.32. The van der Waals surface area contributed by atoms with E-state index in [0.29, 0.717) is 36.0 Å². The van der Waals surface area contributed by atoms with Gasteiger partial charge < -0.3 is 14.8 Å². The largest absolute Gasteiger partial charge is 0.492 e. The van der Waals surface area contributed by atoms with Crippen LogP contribution < -0.4 is 20.1 Å². The third-order valence-corrected chi connectivity index (χ3v) is 4.14. The van der Waals surface area contributed by atoms with Crippen LogP contribution in [0.25, 0.3) is 0 Å². The van der Waals surface area contributed by atoms with Crippen molar-refractivity contribution in [2.75, 3.05) is 18.5 Å². The van der Waals surface area contributed by atoms with Gasteiger partial charge in [0.2, 0.25) is 0 Å². The van der Waals surface area contributed by atoms with Gasteiger partial charge in [-0.3, -0.25) is 10.1 Å². The van der Waals surface area contributed by atoms with E-state index < -0.39 is 0 Å². The van der Waals surface area contributed by atoms with Crippen LogP contribution in [0.1, 0.15) is 30.6 Å². The van der Waals surface area contributed by atoms with Crippen LogP contribution in [0.4, 0.5) is 5.69 Å². The molecule has 0 saturated carbocycles. The number of para-hydroxylation sites is 2. The first-order chi connectivity index (χ1) is 12.5. The molecule has 0 aliphatic heterocycles. The summed E-state index contributed by atoms with van der Waals surface area (Å²) >= 11 is 8.66. The number of carbonyl (C=O) groups is 1. The van der Waals surface area contributed by atoms with Gasteiger partial charge in [-0.25, -0.2) is 0 Å². The summed E-state index contributed by atoms with van der Waals surface area (Å²) in [6.07, 6.45) is 0.915. The second-order valence-corrected chi connectivity index (χ2v) is 6.59. The maximum atomic E-state index is 12.4. The molecule has 0 fully saturated rings. The Morgan fingerprint density at radius 2 is 1.88 bits per heavy atom. The summed E-state index contributed by atoms with van der Waals surface area (Å²) in [4.78, 5) is 12.4. The molecular weight excluding hydrogens is 416 g/mol. The van der Waals surface area contributed by atoms with Crippen molar-refractivity contribution in [1.29, 1.82) is 0 Å². The molecule has 0 aliphatic carbocycles. The number of amides is 1. The van der Waals surface area contributed by atoms with E-state index in [-0.39, 0.29) is 11.0 Å². The highest BCUT2D eigenvalue weighted by molar-refractivity contribution is 9.10. The lowest BCUT2D eigenvalue weighted by atomic mass is 10.2. The molecule has 0 saturated heterocycles. The van der Waals surface area contributed by atoms with Crippen molar-refractivity contribution in [2.45, 2.75) is 20.3 Å². The van der Waals surface area contributed by atoms with Crippen molar-refractivity contribution in [3.63, 3.8) is 0 Å². The normalized spacial score (nSPS) is 10.1. The van der Waals surface area contributed by atoms with Gasteiger partial charge in [-0.1, -0.05) is 19.1 Å².